The summed E-state index contributed by atoms with van der Waals surface area (Å²) in [7, 11) is 0. The number of carbonyl (C=O) groups excluding carboxylic acids is 1. The van der Waals surface area contributed by atoms with Gasteiger partial charge in [-0.05, 0) is 24.2 Å². The number of alkyl carbamates (subject to hydrolysis) is 1. The van der Waals surface area contributed by atoms with Crippen molar-refractivity contribution in [1.29, 1.82) is 0 Å². The number of hydrogen-bond donors (Lipinski definition) is 2. The van der Waals surface area contributed by atoms with Gasteiger partial charge in [-0.25, -0.2) is 4.79 Å². The highest BCUT2D eigenvalue weighted by atomic mass is 32.2. The molecule has 1 aromatic carbocycles. The molecule has 0 radical (unpaired) electrons. The van der Waals surface area contributed by atoms with E-state index in [-0.39, 0.29) is 25.3 Å². The van der Waals surface area contributed by atoms with Crippen LogP contribution in [-0.2, 0) is 28.1 Å². The Kier molecular flexibility index (Phi) is 6.33. The predicted molar refractivity (Wildman–Crippen MR) is 98.3 cm³/mol. The number of aryl methyl sites for hydroxylation is 1. The first kappa shape index (κ1) is 19.2. The van der Waals surface area contributed by atoms with Crippen LogP contribution in [0, 0.1) is 0 Å². The molecule has 1 atom stereocenters. The molecule has 1 aliphatic rings. The second kappa shape index (κ2) is 8.90. The van der Waals surface area contributed by atoms with Crippen molar-refractivity contribution in [1.82, 2.24) is 15.5 Å². The first-order valence-corrected chi connectivity index (χ1v) is 9.84. The lowest BCUT2D eigenvalue weighted by Gasteiger charge is -2.34. The molecule has 0 saturated carbocycles. The Morgan fingerprint density at radius 1 is 1.33 bits per heavy atom. The fourth-order valence-corrected chi connectivity index (χ4v) is 4.03. The monoisotopic (exact) mass is 391 g/mol. The van der Waals surface area contributed by atoms with Crippen LogP contribution in [0.1, 0.15) is 36.5 Å². The normalized spacial score (nSPS) is 19.4. The van der Waals surface area contributed by atoms with Gasteiger partial charge in [-0.3, -0.25) is 4.79 Å². The van der Waals surface area contributed by atoms with Gasteiger partial charge >= 0.3 is 12.1 Å². The maximum Gasteiger partial charge on any atom is 0.408 e. The van der Waals surface area contributed by atoms with Gasteiger partial charge in [0.1, 0.15) is 12.1 Å². The van der Waals surface area contributed by atoms with Crippen molar-refractivity contribution in [2.45, 2.75) is 37.8 Å². The number of amides is 1. The van der Waals surface area contributed by atoms with Gasteiger partial charge in [0.25, 0.3) is 0 Å². The topological polar surface area (TPSA) is 115 Å². The van der Waals surface area contributed by atoms with E-state index in [1.165, 1.54) is 0 Å². The Morgan fingerprint density at radius 2 is 2.15 bits per heavy atom. The number of carbonyl (C=O) groups is 2. The maximum absolute atomic E-state index is 12.4. The average Bonchev–Trinajstić information content (AvgIpc) is 3.16. The lowest BCUT2D eigenvalue weighted by molar-refractivity contribution is -0.137. The quantitative estimate of drug-likeness (QED) is 0.740. The van der Waals surface area contributed by atoms with Crippen LogP contribution in [0.4, 0.5) is 4.79 Å². The van der Waals surface area contributed by atoms with Crippen molar-refractivity contribution in [3.63, 3.8) is 0 Å². The van der Waals surface area contributed by atoms with Gasteiger partial charge in [0.05, 0.1) is 6.42 Å². The third-order valence-electron chi connectivity index (χ3n) is 4.24. The predicted octanol–water partition coefficient (Wildman–Crippen LogP) is 2.74. The van der Waals surface area contributed by atoms with E-state index in [0.717, 1.165) is 17.7 Å². The van der Waals surface area contributed by atoms with Crippen molar-refractivity contribution in [3.05, 3.63) is 47.6 Å². The average molecular weight is 391 g/mol. The molecule has 2 N–H and O–H groups in total. The highest BCUT2D eigenvalue weighted by Gasteiger charge is 2.41. The van der Waals surface area contributed by atoms with Crippen molar-refractivity contribution in [3.8, 4) is 0 Å². The molecule has 3 rings (SSSR count). The van der Waals surface area contributed by atoms with Crippen molar-refractivity contribution in [2.75, 3.05) is 11.5 Å². The molecular weight excluding hydrogens is 370 g/mol. The zero-order chi connectivity index (χ0) is 19.1. The molecule has 1 saturated heterocycles. The minimum Gasteiger partial charge on any atom is -0.481 e. The minimum atomic E-state index is -0.930. The number of thioether (sulfide) groups is 1. The molecule has 8 nitrogen and oxygen atoms in total. The molecule has 1 fully saturated rings. The Balaban J connectivity index is 1.67. The fraction of sp³-hybridized carbons (Fsp3) is 0.444. The van der Waals surface area contributed by atoms with E-state index in [1.807, 2.05) is 30.3 Å². The van der Waals surface area contributed by atoms with E-state index in [0.29, 0.717) is 18.0 Å². The smallest absolute Gasteiger partial charge is 0.408 e. The van der Waals surface area contributed by atoms with Gasteiger partial charge in [-0.15, -0.1) is 0 Å². The summed E-state index contributed by atoms with van der Waals surface area (Å²) in [6.07, 6.45) is 1.08. The lowest BCUT2D eigenvalue weighted by atomic mass is 9.94. The number of hydrogen-bond acceptors (Lipinski definition) is 7. The fourth-order valence-electron chi connectivity index (χ4n) is 2.84. The third-order valence-corrected chi connectivity index (χ3v) is 5.52. The van der Waals surface area contributed by atoms with E-state index >= 15 is 0 Å². The molecule has 0 aliphatic carbocycles. The van der Waals surface area contributed by atoms with Gasteiger partial charge in [-0.2, -0.15) is 16.7 Å². The van der Waals surface area contributed by atoms with Crippen LogP contribution in [0.5, 0.6) is 0 Å². The zero-order valence-electron chi connectivity index (χ0n) is 14.7. The Hall–Kier alpha value is -2.55. The van der Waals surface area contributed by atoms with Crippen LogP contribution in [-0.4, -0.2) is 38.8 Å². The molecule has 27 heavy (non-hydrogen) atoms. The first-order chi connectivity index (χ1) is 13.1. The van der Waals surface area contributed by atoms with Gasteiger partial charge in [0.2, 0.25) is 5.89 Å². The standard InChI is InChI=1S/C18H21N3O5S/c22-15(23)8-7-14-19-16(21-26-14)18(9-4-10-27-12-18)20-17(24)25-11-13-5-2-1-3-6-13/h1-3,5-6H,4,7-12H2,(H,20,24)(H,22,23). The third kappa shape index (κ3) is 5.22. The number of ether oxygens (including phenoxy) is 1. The van der Waals surface area contributed by atoms with E-state index in [9.17, 15) is 9.59 Å². The van der Waals surface area contributed by atoms with E-state index < -0.39 is 17.6 Å². The second-order valence-electron chi connectivity index (χ2n) is 6.33. The summed E-state index contributed by atoms with van der Waals surface area (Å²) in [5.74, 6) is 1.28. The molecule has 1 amide bonds. The summed E-state index contributed by atoms with van der Waals surface area (Å²) in [6.45, 7) is 0.173. The molecule has 9 heteroatoms. The molecule has 1 aliphatic heterocycles. The minimum absolute atomic E-state index is 0.0874. The lowest BCUT2D eigenvalue weighted by Crippen LogP contribution is -2.50. The molecular formula is C18H21N3O5S. The van der Waals surface area contributed by atoms with Gasteiger partial charge in [0.15, 0.2) is 5.82 Å². The summed E-state index contributed by atoms with van der Waals surface area (Å²) in [4.78, 5) is 27.4. The van der Waals surface area contributed by atoms with Gasteiger partial charge < -0.3 is 19.7 Å². The highest BCUT2D eigenvalue weighted by Crippen LogP contribution is 2.34. The van der Waals surface area contributed by atoms with Crippen LogP contribution in [0.25, 0.3) is 0 Å². The summed E-state index contributed by atoms with van der Waals surface area (Å²) in [5, 5.41) is 15.7. The van der Waals surface area contributed by atoms with Crippen LogP contribution in [0.15, 0.2) is 34.9 Å². The van der Waals surface area contributed by atoms with Crippen molar-refractivity contribution in [2.24, 2.45) is 0 Å². The molecule has 2 heterocycles. The van der Waals surface area contributed by atoms with Crippen LogP contribution >= 0.6 is 11.8 Å². The Labute approximate surface area is 160 Å². The Bertz CT molecular complexity index is 774. The number of carboxylic acid groups (broad SMARTS) is 1. The summed E-state index contributed by atoms with van der Waals surface area (Å²) in [5.41, 5.74) is 0.122. The highest BCUT2D eigenvalue weighted by molar-refractivity contribution is 7.99. The molecule has 0 bridgehead atoms. The number of aromatic nitrogens is 2. The first-order valence-electron chi connectivity index (χ1n) is 8.69. The molecule has 144 valence electrons. The number of nitrogens with one attached hydrogen (secondary N) is 1. The van der Waals surface area contributed by atoms with E-state index in [1.54, 1.807) is 11.8 Å². The number of aliphatic carboxylic acids is 1. The number of nitrogens with zero attached hydrogens (tertiary/aromatic N) is 2. The molecule has 1 unspecified atom stereocenters. The van der Waals surface area contributed by atoms with Crippen LogP contribution in [0.3, 0.4) is 0 Å². The zero-order valence-corrected chi connectivity index (χ0v) is 15.5. The van der Waals surface area contributed by atoms with Crippen LogP contribution < -0.4 is 5.32 Å². The number of rotatable bonds is 7. The van der Waals surface area contributed by atoms with Crippen LogP contribution in [0.2, 0.25) is 0 Å². The Morgan fingerprint density at radius 3 is 2.85 bits per heavy atom. The summed E-state index contributed by atoms with van der Waals surface area (Å²) in [6, 6.07) is 9.43. The maximum atomic E-state index is 12.4. The SMILES string of the molecule is O=C(O)CCc1nc(C2(NC(=O)OCc3ccccc3)CCCSC2)no1. The summed E-state index contributed by atoms with van der Waals surface area (Å²) < 4.78 is 10.5. The van der Waals surface area contributed by atoms with Gasteiger partial charge in [-0.1, -0.05) is 35.5 Å². The van der Waals surface area contributed by atoms with E-state index in [4.69, 9.17) is 14.4 Å². The molecule has 1 aromatic heterocycles. The van der Waals surface area contributed by atoms with Gasteiger partial charge in [0, 0.05) is 12.2 Å². The number of carboxylic acids is 1. The largest absolute Gasteiger partial charge is 0.481 e. The van der Waals surface area contributed by atoms with Crippen molar-refractivity contribution >= 4 is 23.8 Å². The number of benzene rings is 1. The second-order valence-corrected chi connectivity index (χ2v) is 7.44. The molecule has 2 aromatic rings. The van der Waals surface area contributed by atoms with E-state index in [2.05, 4.69) is 15.5 Å². The molecule has 0 spiro atoms. The summed E-state index contributed by atoms with van der Waals surface area (Å²) >= 11 is 1.69. The van der Waals surface area contributed by atoms with Crippen molar-refractivity contribution < 1.29 is 24.0 Å².